The fourth-order valence-electron chi connectivity index (χ4n) is 6.18. The largest absolute Gasteiger partial charge is 0.494 e. The Balaban J connectivity index is 1.71. The molecule has 0 radical (unpaired) electrons. The Hall–Kier alpha value is -2.12. The van der Waals surface area contributed by atoms with Crippen molar-refractivity contribution in [1.82, 2.24) is 14.8 Å². The molecule has 2 aromatic rings. The van der Waals surface area contributed by atoms with Crippen LogP contribution in [0.4, 0.5) is 4.39 Å². The molecule has 2 aliphatic rings. The Kier molecular flexibility index (Phi) is 8.06. The zero-order valence-corrected chi connectivity index (χ0v) is 22.2. The number of rotatable bonds is 7. The van der Waals surface area contributed by atoms with Crippen molar-refractivity contribution >= 4 is 16.8 Å². The first kappa shape index (κ1) is 26.0. The highest BCUT2D eigenvalue weighted by Gasteiger charge is 2.38. The van der Waals surface area contributed by atoms with Crippen LogP contribution in [0.2, 0.25) is 0 Å². The lowest BCUT2D eigenvalue weighted by Gasteiger charge is -2.42. The molecule has 1 aliphatic heterocycles. The predicted molar refractivity (Wildman–Crippen MR) is 138 cm³/mol. The molecule has 6 nitrogen and oxygen atoms in total. The molecule has 4 rings (SSSR count). The van der Waals surface area contributed by atoms with E-state index in [1.165, 1.54) is 18.6 Å². The summed E-state index contributed by atoms with van der Waals surface area (Å²) in [7, 11) is 1.56. The number of methoxy groups -OCH3 is 1. The van der Waals surface area contributed by atoms with E-state index in [2.05, 4.69) is 42.5 Å². The van der Waals surface area contributed by atoms with Crippen molar-refractivity contribution in [3.05, 3.63) is 29.2 Å². The number of ether oxygens (including phenoxy) is 2. The number of amides is 1. The summed E-state index contributed by atoms with van der Waals surface area (Å²) >= 11 is 0. The van der Waals surface area contributed by atoms with Crippen LogP contribution in [0.15, 0.2) is 12.1 Å². The van der Waals surface area contributed by atoms with Crippen LogP contribution < -0.4 is 10.1 Å². The van der Waals surface area contributed by atoms with Gasteiger partial charge in [0, 0.05) is 49.4 Å². The van der Waals surface area contributed by atoms with E-state index in [0.717, 1.165) is 50.5 Å². The molecule has 4 unspecified atom stereocenters. The van der Waals surface area contributed by atoms with Gasteiger partial charge < -0.3 is 19.4 Å². The van der Waals surface area contributed by atoms with Crippen LogP contribution >= 0.6 is 0 Å². The fourth-order valence-corrected chi connectivity index (χ4v) is 6.18. The van der Waals surface area contributed by atoms with Gasteiger partial charge in [-0.05, 0) is 43.1 Å². The van der Waals surface area contributed by atoms with Gasteiger partial charge in [0.2, 0.25) is 0 Å². The summed E-state index contributed by atoms with van der Waals surface area (Å²) in [6.07, 6.45) is 2.32. The molecule has 2 heterocycles. The van der Waals surface area contributed by atoms with Crippen LogP contribution in [0.3, 0.4) is 0 Å². The van der Waals surface area contributed by atoms with E-state index in [4.69, 9.17) is 9.47 Å². The molecular formula is C28H42FN3O3. The summed E-state index contributed by atoms with van der Waals surface area (Å²) in [5, 5.41) is 4.03. The minimum absolute atomic E-state index is 0.104. The average Bonchev–Trinajstić information content (AvgIpc) is 3.11. The highest BCUT2D eigenvalue weighted by molar-refractivity contribution is 6.10. The van der Waals surface area contributed by atoms with Gasteiger partial charge in [0.25, 0.3) is 5.91 Å². The van der Waals surface area contributed by atoms with Crippen molar-refractivity contribution in [2.45, 2.75) is 60.0 Å². The fraction of sp³-hybridized carbons (Fsp3) is 0.679. The van der Waals surface area contributed by atoms with Gasteiger partial charge in [0.05, 0.1) is 31.4 Å². The third kappa shape index (κ3) is 5.21. The number of aromatic nitrogens is 1. The van der Waals surface area contributed by atoms with Crippen LogP contribution in [-0.4, -0.2) is 61.4 Å². The number of nitrogens with zero attached hydrogens (tertiary/aromatic N) is 2. The minimum Gasteiger partial charge on any atom is -0.494 e. The molecule has 0 bridgehead atoms. The van der Waals surface area contributed by atoms with E-state index >= 15 is 0 Å². The molecule has 194 valence electrons. The maximum absolute atomic E-state index is 14.6. The van der Waals surface area contributed by atoms with Gasteiger partial charge in [-0.1, -0.05) is 34.1 Å². The average molecular weight is 488 g/mol. The zero-order chi connectivity index (χ0) is 25.3. The molecule has 1 aliphatic carbocycles. The summed E-state index contributed by atoms with van der Waals surface area (Å²) in [4.78, 5) is 16.2. The van der Waals surface area contributed by atoms with E-state index in [1.54, 1.807) is 7.11 Å². The Morgan fingerprint density at radius 2 is 1.91 bits per heavy atom. The first-order chi connectivity index (χ1) is 16.7. The van der Waals surface area contributed by atoms with Gasteiger partial charge >= 0.3 is 0 Å². The van der Waals surface area contributed by atoms with Crippen molar-refractivity contribution in [1.29, 1.82) is 0 Å². The van der Waals surface area contributed by atoms with Crippen LogP contribution in [-0.2, 0) is 11.3 Å². The maximum atomic E-state index is 14.6. The van der Waals surface area contributed by atoms with Gasteiger partial charge in [-0.2, -0.15) is 0 Å². The number of carbonyl (C=O) groups is 1. The number of morpholine rings is 1. The van der Waals surface area contributed by atoms with Crippen molar-refractivity contribution in [3.63, 3.8) is 0 Å². The zero-order valence-electron chi connectivity index (χ0n) is 22.2. The number of halogens is 1. The lowest BCUT2D eigenvalue weighted by atomic mass is 9.68. The Morgan fingerprint density at radius 3 is 2.57 bits per heavy atom. The molecular weight excluding hydrogens is 445 g/mol. The summed E-state index contributed by atoms with van der Waals surface area (Å²) in [5.41, 5.74) is 2.20. The van der Waals surface area contributed by atoms with E-state index in [1.807, 2.05) is 6.92 Å². The molecule has 1 aromatic heterocycles. The van der Waals surface area contributed by atoms with Crippen LogP contribution in [0, 0.1) is 36.4 Å². The standard InChI is InChI=1S/C28H42FN3O3/c1-17(2)22-8-7-18(3)19(4)26(22)30-28(33)25-20(5)32(10-9-31-11-13-35-14-12-31)27-23(25)15-21(29)16-24(27)34-6/h15-19,22,26H,7-14H2,1-6H3,(H,30,33). The molecule has 1 saturated carbocycles. The maximum Gasteiger partial charge on any atom is 0.253 e. The molecule has 1 N–H and O–H groups in total. The number of fused-ring (bicyclic) bond motifs is 1. The summed E-state index contributed by atoms with van der Waals surface area (Å²) in [6.45, 7) is 15.8. The second kappa shape index (κ2) is 10.9. The van der Waals surface area contributed by atoms with Crippen LogP contribution in [0.5, 0.6) is 5.75 Å². The normalized spacial score (nSPS) is 25.8. The van der Waals surface area contributed by atoms with Gasteiger partial charge in [-0.3, -0.25) is 9.69 Å². The monoisotopic (exact) mass is 487 g/mol. The highest BCUT2D eigenvalue weighted by Crippen LogP contribution is 2.39. The molecule has 1 aromatic carbocycles. The van der Waals surface area contributed by atoms with Crippen LogP contribution in [0.1, 0.15) is 56.6 Å². The number of benzene rings is 1. The minimum atomic E-state index is -0.395. The molecule has 4 atom stereocenters. The van der Waals surface area contributed by atoms with Crippen molar-refractivity contribution in [2.75, 3.05) is 40.0 Å². The van der Waals surface area contributed by atoms with Crippen LogP contribution in [0.25, 0.3) is 10.9 Å². The highest BCUT2D eigenvalue weighted by atomic mass is 19.1. The number of hydrogen-bond donors (Lipinski definition) is 1. The molecule has 2 fully saturated rings. The first-order valence-electron chi connectivity index (χ1n) is 13.2. The van der Waals surface area contributed by atoms with Crippen molar-refractivity contribution < 1.29 is 18.7 Å². The Bertz CT molecular complexity index is 1040. The number of nitrogens with one attached hydrogen (secondary N) is 1. The smallest absolute Gasteiger partial charge is 0.253 e. The van der Waals surface area contributed by atoms with Gasteiger partial charge in [0.15, 0.2) is 0 Å². The number of carbonyl (C=O) groups excluding carboxylic acids is 1. The quantitative estimate of drug-likeness (QED) is 0.606. The van der Waals surface area contributed by atoms with E-state index in [9.17, 15) is 9.18 Å². The molecule has 7 heteroatoms. The molecule has 0 spiro atoms. The topological polar surface area (TPSA) is 55.7 Å². The molecule has 1 amide bonds. The summed E-state index contributed by atoms with van der Waals surface area (Å²) in [6, 6.07) is 3.00. The Morgan fingerprint density at radius 1 is 1.20 bits per heavy atom. The third-order valence-electron chi connectivity index (χ3n) is 8.57. The molecule has 35 heavy (non-hydrogen) atoms. The van der Waals surface area contributed by atoms with E-state index in [-0.39, 0.29) is 11.9 Å². The SMILES string of the molecule is COc1cc(F)cc2c(C(=O)NC3C(C)C(C)CCC3C(C)C)c(C)n(CCN3CCOCC3)c12. The van der Waals surface area contributed by atoms with Crippen molar-refractivity contribution in [3.8, 4) is 5.75 Å². The van der Waals surface area contributed by atoms with Gasteiger partial charge in [-0.15, -0.1) is 0 Å². The lowest BCUT2D eigenvalue weighted by Crippen LogP contribution is -2.50. The Labute approximate surface area is 209 Å². The summed E-state index contributed by atoms with van der Waals surface area (Å²) < 4.78 is 27.8. The lowest BCUT2D eigenvalue weighted by molar-refractivity contribution is 0.0365. The molecule has 1 saturated heterocycles. The van der Waals surface area contributed by atoms with Gasteiger partial charge in [-0.25, -0.2) is 4.39 Å². The van der Waals surface area contributed by atoms with E-state index in [0.29, 0.717) is 46.9 Å². The van der Waals surface area contributed by atoms with E-state index < -0.39 is 5.82 Å². The second-order valence-electron chi connectivity index (χ2n) is 10.9. The third-order valence-corrected chi connectivity index (χ3v) is 8.57. The van der Waals surface area contributed by atoms with Gasteiger partial charge in [0.1, 0.15) is 11.6 Å². The summed E-state index contributed by atoms with van der Waals surface area (Å²) in [5.74, 6) is 1.83. The van der Waals surface area contributed by atoms with Crippen molar-refractivity contribution in [2.24, 2.45) is 23.7 Å². The first-order valence-corrected chi connectivity index (χ1v) is 13.2. The predicted octanol–water partition coefficient (Wildman–Crippen LogP) is 4.87. The second-order valence-corrected chi connectivity index (χ2v) is 10.9. The number of hydrogen-bond acceptors (Lipinski definition) is 4.